The molecule has 5 heteroatoms. The van der Waals surface area contributed by atoms with Gasteiger partial charge < -0.3 is 18.9 Å². The molecule has 18 heavy (non-hydrogen) atoms. The van der Waals surface area contributed by atoms with Crippen LogP contribution in [0.4, 0.5) is 0 Å². The van der Waals surface area contributed by atoms with Gasteiger partial charge in [-0.25, -0.2) is 0 Å². The van der Waals surface area contributed by atoms with Crippen LogP contribution in [-0.2, 0) is 35.3 Å². The van der Waals surface area contributed by atoms with E-state index in [-0.39, 0.29) is 5.78 Å². The molecule has 3 aliphatic rings. The summed E-state index contributed by atoms with van der Waals surface area (Å²) in [5.74, 6) is -2.96. The van der Waals surface area contributed by atoms with Gasteiger partial charge in [-0.3, -0.25) is 4.79 Å². The summed E-state index contributed by atoms with van der Waals surface area (Å²) in [5, 5.41) is 0. The summed E-state index contributed by atoms with van der Waals surface area (Å²) in [4.78, 5) is 12.7. The number of hydrogen-bond acceptors (Lipinski definition) is 5. The van der Waals surface area contributed by atoms with E-state index < -0.39 is 11.6 Å². The number of hydrogen-bond donors (Lipinski definition) is 0. The third kappa shape index (κ3) is 1.04. The Kier molecular flexibility index (Phi) is 2.00. The number of fused-ring (bicyclic) bond motifs is 3. The summed E-state index contributed by atoms with van der Waals surface area (Å²) < 4.78 is 22.4. The third-order valence-corrected chi connectivity index (χ3v) is 3.62. The lowest BCUT2D eigenvalue weighted by Gasteiger charge is -2.24. The van der Waals surface area contributed by atoms with Gasteiger partial charge in [-0.2, -0.15) is 0 Å². The molecule has 4 rings (SSSR count). The van der Waals surface area contributed by atoms with Crippen molar-refractivity contribution in [1.82, 2.24) is 0 Å². The molecule has 2 spiro atoms. The molecular weight excluding hydrogens is 236 g/mol. The van der Waals surface area contributed by atoms with E-state index >= 15 is 0 Å². The van der Waals surface area contributed by atoms with Crippen LogP contribution in [0.5, 0.6) is 0 Å². The lowest BCUT2D eigenvalue weighted by Crippen LogP contribution is -2.43. The Morgan fingerprint density at radius 2 is 1.17 bits per heavy atom. The lowest BCUT2D eigenvalue weighted by atomic mass is 10.1. The molecule has 0 saturated carbocycles. The van der Waals surface area contributed by atoms with Crippen molar-refractivity contribution >= 4 is 5.78 Å². The Morgan fingerprint density at radius 1 is 0.778 bits per heavy atom. The van der Waals surface area contributed by atoms with E-state index in [0.717, 1.165) is 0 Å². The van der Waals surface area contributed by atoms with Gasteiger partial charge in [0, 0.05) is 11.1 Å². The number of carbonyl (C=O) groups is 1. The molecule has 1 aromatic rings. The topological polar surface area (TPSA) is 54.0 Å². The minimum Gasteiger partial charge on any atom is -0.337 e. The Hall–Kier alpha value is -1.27. The second-order valence-corrected chi connectivity index (χ2v) is 4.50. The maximum absolute atomic E-state index is 12.7. The van der Waals surface area contributed by atoms with Gasteiger partial charge >= 0.3 is 0 Å². The summed E-state index contributed by atoms with van der Waals surface area (Å²) in [6, 6.07) is 7.37. The monoisotopic (exact) mass is 248 g/mol. The Morgan fingerprint density at radius 3 is 1.56 bits per heavy atom. The Balaban J connectivity index is 1.97. The predicted octanol–water partition coefficient (Wildman–Crippen LogP) is 0.669. The lowest BCUT2D eigenvalue weighted by molar-refractivity contribution is -0.221. The number of ketones is 1. The van der Waals surface area contributed by atoms with Crippen LogP contribution in [0, 0.1) is 0 Å². The average molecular weight is 248 g/mol. The van der Waals surface area contributed by atoms with Crippen LogP contribution in [0.3, 0.4) is 0 Å². The molecule has 1 aromatic carbocycles. The van der Waals surface area contributed by atoms with Gasteiger partial charge in [0.25, 0.3) is 17.4 Å². The van der Waals surface area contributed by atoms with E-state index in [0.29, 0.717) is 37.6 Å². The van der Waals surface area contributed by atoms with Crippen LogP contribution in [0.2, 0.25) is 0 Å². The summed E-state index contributed by atoms with van der Waals surface area (Å²) in [5.41, 5.74) is 1.41. The summed E-state index contributed by atoms with van der Waals surface area (Å²) in [7, 11) is 0. The zero-order chi connectivity index (χ0) is 12.2. The molecule has 0 aromatic heterocycles. The van der Waals surface area contributed by atoms with E-state index in [1.807, 2.05) is 24.3 Å². The second-order valence-electron chi connectivity index (χ2n) is 4.50. The fraction of sp³-hybridized carbons (Fsp3) is 0.462. The highest BCUT2D eigenvalue weighted by atomic mass is 16.8. The fourth-order valence-corrected chi connectivity index (χ4v) is 2.92. The molecule has 0 amide bonds. The van der Waals surface area contributed by atoms with Crippen LogP contribution in [0.15, 0.2) is 24.3 Å². The van der Waals surface area contributed by atoms with E-state index in [4.69, 9.17) is 18.9 Å². The number of Topliss-reactive ketones (excluding diaryl/α,β-unsaturated/α-hetero) is 1. The molecule has 1 aliphatic carbocycles. The first kappa shape index (κ1) is 10.6. The predicted molar refractivity (Wildman–Crippen MR) is 58.6 cm³/mol. The van der Waals surface area contributed by atoms with Crippen molar-refractivity contribution in [3.05, 3.63) is 35.4 Å². The highest BCUT2D eigenvalue weighted by Gasteiger charge is 2.67. The molecule has 2 fully saturated rings. The average Bonchev–Trinajstić information content (AvgIpc) is 3.12. The maximum atomic E-state index is 12.7. The molecule has 0 atom stereocenters. The van der Waals surface area contributed by atoms with E-state index in [1.54, 1.807) is 0 Å². The van der Waals surface area contributed by atoms with Gasteiger partial charge in [-0.1, -0.05) is 24.3 Å². The van der Waals surface area contributed by atoms with Gasteiger partial charge in [0.2, 0.25) is 0 Å². The van der Waals surface area contributed by atoms with E-state index in [1.165, 1.54) is 0 Å². The van der Waals surface area contributed by atoms with Gasteiger partial charge in [0.1, 0.15) is 0 Å². The standard InChI is InChI=1S/C13H12O5/c14-11-12(15-5-6-16-12)9-3-1-2-4-10(9)13(11)17-7-8-18-13/h1-4H,5-8H2. The van der Waals surface area contributed by atoms with Crippen molar-refractivity contribution in [2.75, 3.05) is 26.4 Å². The van der Waals surface area contributed by atoms with E-state index in [9.17, 15) is 4.79 Å². The van der Waals surface area contributed by atoms with E-state index in [2.05, 4.69) is 0 Å². The molecule has 0 bridgehead atoms. The summed E-state index contributed by atoms with van der Waals surface area (Å²) in [6.45, 7) is 1.60. The van der Waals surface area contributed by atoms with Crippen molar-refractivity contribution in [3.8, 4) is 0 Å². The molecule has 2 heterocycles. The molecule has 0 radical (unpaired) electrons. The highest BCUT2D eigenvalue weighted by Crippen LogP contribution is 2.52. The highest BCUT2D eigenvalue weighted by molar-refractivity contribution is 5.99. The van der Waals surface area contributed by atoms with Crippen molar-refractivity contribution in [3.63, 3.8) is 0 Å². The summed E-state index contributed by atoms with van der Waals surface area (Å²) >= 11 is 0. The fourth-order valence-electron chi connectivity index (χ4n) is 2.92. The van der Waals surface area contributed by atoms with Crippen molar-refractivity contribution < 1.29 is 23.7 Å². The van der Waals surface area contributed by atoms with Crippen molar-refractivity contribution in [2.24, 2.45) is 0 Å². The maximum Gasteiger partial charge on any atom is 0.263 e. The van der Waals surface area contributed by atoms with Crippen LogP contribution in [0.25, 0.3) is 0 Å². The number of ether oxygens (including phenoxy) is 4. The SMILES string of the molecule is O=C1C2(OCCO2)c2ccccc2C12OCCO2. The largest absolute Gasteiger partial charge is 0.337 e. The van der Waals surface area contributed by atoms with Crippen LogP contribution in [-0.4, -0.2) is 32.2 Å². The molecule has 94 valence electrons. The molecular formula is C13H12O5. The first-order valence-corrected chi connectivity index (χ1v) is 6.00. The minimum atomic E-state index is -1.33. The zero-order valence-electron chi connectivity index (χ0n) is 9.68. The van der Waals surface area contributed by atoms with Crippen LogP contribution < -0.4 is 0 Å². The molecule has 0 N–H and O–H groups in total. The Labute approximate surface area is 104 Å². The van der Waals surface area contributed by atoms with Crippen molar-refractivity contribution in [1.29, 1.82) is 0 Å². The molecule has 2 aliphatic heterocycles. The normalized spacial score (nSPS) is 27.2. The first-order chi connectivity index (χ1) is 8.80. The summed E-state index contributed by atoms with van der Waals surface area (Å²) in [6.07, 6.45) is 0. The van der Waals surface area contributed by atoms with Gasteiger partial charge in [-0.05, 0) is 0 Å². The molecule has 2 saturated heterocycles. The van der Waals surface area contributed by atoms with Crippen molar-refractivity contribution in [2.45, 2.75) is 11.6 Å². The quantitative estimate of drug-likeness (QED) is 0.675. The van der Waals surface area contributed by atoms with Crippen LogP contribution in [0.1, 0.15) is 11.1 Å². The number of rotatable bonds is 0. The minimum absolute atomic E-state index is 0.300. The molecule has 0 unspecified atom stereocenters. The third-order valence-electron chi connectivity index (χ3n) is 3.62. The number of benzene rings is 1. The Bertz CT molecular complexity index is 467. The smallest absolute Gasteiger partial charge is 0.263 e. The second kappa shape index (κ2) is 3.39. The van der Waals surface area contributed by atoms with Gasteiger partial charge in [0.15, 0.2) is 0 Å². The first-order valence-electron chi connectivity index (χ1n) is 6.00. The molecule has 5 nitrogen and oxygen atoms in total. The number of carbonyl (C=O) groups excluding carboxylic acids is 1. The van der Waals surface area contributed by atoms with Gasteiger partial charge in [0.05, 0.1) is 26.4 Å². The van der Waals surface area contributed by atoms with Crippen LogP contribution >= 0.6 is 0 Å². The zero-order valence-corrected chi connectivity index (χ0v) is 9.68. The van der Waals surface area contributed by atoms with Gasteiger partial charge in [-0.15, -0.1) is 0 Å².